The predicted octanol–water partition coefficient (Wildman–Crippen LogP) is 3.08. The summed E-state index contributed by atoms with van der Waals surface area (Å²) in [6.07, 6.45) is -1.29. The third-order valence-corrected chi connectivity index (χ3v) is 5.59. The van der Waals surface area contributed by atoms with E-state index < -0.39 is 22.2 Å². The molecule has 0 aromatic heterocycles. The predicted molar refractivity (Wildman–Crippen MR) is 79.1 cm³/mol. The second kappa shape index (κ2) is 5.24. The molecule has 1 saturated heterocycles. The third-order valence-electron chi connectivity index (χ3n) is 3.69. The molecule has 0 N–H and O–H groups in total. The molecular formula is C16H16FNO2S. The molecule has 0 aliphatic carbocycles. The third kappa shape index (κ3) is 2.71. The van der Waals surface area contributed by atoms with Crippen LogP contribution in [0.15, 0.2) is 59.5 Å². The Kier molecular flexibility index (Phi) is 3.55. The molecule has 1 aliphatic heterocycles. The van der Waals surface area contributed by atoms with E-state index in [4.69, 9.17) is 0 Å². The summed E-state index contributed by atoms with van der Waals surface area (Å²) < 4.78 is 40.4. The van der Waals surface area contributed by atoms with Crippen molar-refractivity contribution >= 4 is 10.0 Å². The van der Waals surface area contributed by atoms with E-state index in [1.165, 1.54) is 4.31 Å². The molecule has 2 aromatic carbocycles. The highest BCUT2D eigenvalue weighted by Crippen LogP contribution is 2.38. The van der Waals surface area contributed by atoms with E-state index in [1.54, 1.807) is 48.5 Å². The Morgan fingerprint density at radius 3 is 2.33 bits per heavy atom. The Hall–Kier alpha value is -1.72. The van der Waals surface area contributed by atoms with Crippen molar-refractivity contribution in [2.24, 2.45) is 0 Å². The zero-order chi connectivity index (χ0) is 15.0. The van der Waals surface area contributed by atoms with Crippen LogP contribution in [-0.4, -0.2) is 25.3 Å². The second-order valence-electron chi connectivity index (χ2n) is 5.27. The number of nitrogens with zero attached hydrogens (tertiary/aromatic N) is 1. The van der Waals surface area contributed by atoms with Gasteiger partial charge in [-0.25, -0.2) is 12.8 Å². The molecule has 1 unspecified atom stereocenters. The lowest BCUT2D eigenvalue weighted by molar-refractivity contribution is 0.321. The quantitative estimate of drug-likeness (QED) is 0.814. The average molecular weight is 305 g/mol. The highest BCUT2D eigenvalue weighted by atomic mass is 32.2. The van der Waals surface area contributed by atoms with E-state index in [9.17, 15) is 12.8 Å². The summed E-state index contributed by atoms with van der Waals surface area (Å²) in [5, 5.41) is 0. The first-order valence-electron chi connectivity index (χ1n) is 6.77. The number of halogens is 1. The Balaban J connectivity index is 1.79. The number of sulfonamides is 1. The second-order valence-corrected chi connectivity index (χ2v) is 7.16. The summed E-state index contributed by atoms with van der Waals surface area (Å²) in [5.41, 5.74) is 1.51. The van der Waals surface area contributed by atoms with Crippen molar-refractivity contribution < 1.29 is 12.8 Å². The van der Waals surface area contributed by atoms with Crippen LogP contribution in [0.25, 0.3) is 0 Å². The Morgan fingerprint density at radius 2 is 1.71 bits per heavy atom. The average Bonchev–Trinajstić information content (AvgIpc) is 3.29. The van der Waals surface area contributed by atoms with Gasteiger partial charge in [-0.15, -0.1) is 0 Å². The minimum atomic E-state index is -3.59. The number of hydrogen-bond donors (Lipinski definition) is 0. The maximum absolute atomic E-state index is 14.4. The zero-order valence-corrected chi connectivity index (χ0v) is 12.4. The molecule has 0 saturated carbocycles. The monoisotopic (exact) mass is 305 g/mol. The van der Waals surface area contributed by atoms with Gasteiger partial charge in [0.1, 0.15) is 6.17 Å². The molecule has 1 aliphatic rings. The lowest BCUT2D eigenvalue weighted by Gasteiger charge is -2.10. The minimum absolute atomic E-state index is 0.218. The van der Waals surface area contributed by atoms with Crippen molar-refractivity contribution in [3.63, 3.8) is 0 Å². The van der Waals surface area contributed by atoms with E-state index >= 15 is 0 Å². The Morgan fingerprint density at radius 1 is 1.10 bits per heavy atom. The lowest BCUT2D eigenvalue weighted by atomic mass is 10.1. The first kappa shape index (κ1) is 14.2. The molecule has 0 radical (unpaired) electrons. The maximum atomic E-state index is 14.4. The van der Waals surface area contributed by atoms with Crippen LogP contribution in [0.1, 0.15) is 17.3 Å². The summed E-state index contributed by atoms with van der Waals surface area (Å²) in [6, 6.07) is 14.7. The molecule has 0 bridgehead atoms. The van der Waals surface area contributed by atoms with Gasteiger partial charge in [0.15, 0.2) is 0 Å². The molecule has 3 rings (SSSR count). The van der Waals surface area contributed by atoms with Crippen LogP contribution in [-0.2, 0) is 10.0 Å². The first-order chi connectivity index (χ1) is 10.00. The van der Waals surface area contributed by atoms with Crippen LogP contribution in [0.5, 0.6) is 0 Å². The number of alkyl halides is 1. The fraction of sp³-hybridized carbons (Fsp3) is 0.250. The summed E-state index contributed by atoms with van der Waals surface area (Å²) in [6.45, 7) is 2.12. The van der Waals surface area contributed by atoms with Gasteiger partial charge in [-0.1, -0.05) is 48.0 Å². The van der Waals surface area contributed by atoms with Crippen LogP contribution in [0.4, 0.5) is 4.39 Å². The molecule has 2 aromatic rings. The molecule has 0 amide bonds. The summed E-state index contributed by atoms with van der Waals surface area (Å²) in [7, 11) is -3.59. The summed E-state index contributed by atoms with van der Waals surface area (Å²) >= 11 is 0. The van der Waals surface area contributed by atoms with Crippen LogP contribution < -0.4 is 0 Å². The van der Waals surface area contributed by atoms with E-state index in [0.29, 0.717) is 5.56 Å². The molecule has 3 atom stereocenters. The molecule has 1 heterocycles. The molecule has 21 heavy (non-hydrogen) atoms. The van der Waals surface area contributed by atoms with Crippen LogP contribution in [0.2, 0.25) is 0 Å². The van der Waals surface area contributed by atoms with Crippen LogP contribution in [0, 0.1) is 6.92 Å². The standard InChI is InChI=1S/C16H16FNO2S/c1-12-7-9-14(10-8-12)21(19,20)18-11-15(18)16(17)13-5-3-2-4-6-13/h2-10,15-16H,11H2,1H3/t15-,16-,18?/m0/s1. The van der Waals surface area contributed by atoms with Crippen molar-refractivity contribution in [3.8, 4) is 0 Å². The summed E-state index contributed by atoms with van der Waals surface area (Å²) in [5.74, 6) is 0. The van der Waals surface area contributed by atoms with Gasteiger partial charge in [-0.3, -0.25) is 0 Å². The topological polar surface area (TPSA) is 37.1 Å². The van der Waals surface area contributed by atoms with Crippen LogP contribution in [0.3, 0.4) is 0 Å². The van der Waals surface area contributed by atoms with Gasteiger partial charge < -0.3 is 0 Å². The highest BCUT2D eigenvalue weighted by molar-refractivity contribution is 7.89. The number of rotatable bonds is 4. The SMILES string of the molecule is Cc1ccc(S(=O)(=O)N2C[C@H]2[C@@H](F)c2ccccc2)cc1. The highest BCUT2D eigenvalue weighted by Gasteiger charge is 2.49. The van der Waals surface area contributed by atoms with Crippen molar-refractivity contribution in [1.82, 2.24) is 4.31 Å². The Labute approximate surface area is 124 Å². The molecule has 0 spiro atoms. The van der Waals surface area contributed by atoms with Crippen molar-refractivity contribution in [2.45, 2.75) is 24.0 Å². The van der Waals surface area contributed by atoms with Gasteiger partial charge in [0, 0.05) is 6.54 Å². The first-order valence-corrected chi connectivity index (χ1v) is 8.22. The number of aryl methyl sites for hydroxylation is 1. The molecule has 110 valence electrons. The minimum Gasteiger partial charge on any atom is -0.240 e. The van der Waals surface area contributed by atoms with E-state index in [2.05, 4.69) is 0 Å². The molecular weight excluding hydrogens is 289 g/mol. The van der Waals surface area contributed by atoms with E-state index in [0.717, 1.165) is 5.56 Å². The number of hydrogen-bond acceptors (Lipinski definition) is 2. The van der Waals surface area contributed by atoms with Gasteiger partial charge in [0.05, 0.1) is 10.9 Å². The van der Waals surface area contributed by atoms with E-state index in [1.807, 2.05) is 13.0 Å². The fourth-order valence-electron chi connectivity index (χ4n) is 2.36. The zero-order valence-electron chi connectivity index (χ0n) is 11.6. The number of benzene rings is 2. The van der Waals surface area contributed by atoms with Crippen molar-refractivity contribution in [3.05, 3.63) is 65.7 Å². The van der Waals surface area contributed by atoms with Gasteiger partial charge >= 0.3 is 0 Å². The smallest absolute Gasteiger partial charge is 0.240 e. The summed E-state index contributed by atoms with van der Waals surface area (Å²) in [4.78, 5) is 0.218. The maximum Gasteiger partial charge on any atom is 0.243 e. The largest absolute Gasteiger partial charge is 0.243 e. The van der Waals surface area contributed by atoms with Gasteiger partial charge in [0.25, 0.3) is 0 Å². The van der Waals surface area contributed by atoms with Crippen molar-refractivity contribution in [2.75, 3.05) is 6.54 Å². The van der Waals surface area contributed by atoms with Crippen LogP contribution >= 0.6 is 0 Å². The van der Waals surface area contributed by atoms with Gasteiger partial charge in [-0.05, 0) is 24.6 Å². The lowest BCUT2D eigenvalue weighted by Crippen LogP contribution is -2.17. The molecule has 1 fully saturated rings. The van der Waals surface area contributed by atoms with Gasteiger partial charge in [-0.2, -0.15) is 4.31 Å². The molecule has 3 nitrogen and oxygen atoms in total. The van der Waals surface area contributed by atoms with E-state index in [-0.39, 0.29) is 11.4 Å². The Bertz CT molecular complexity index is 729. The normalized spacial score (nSPS) is 22.8. The van der Waals surface area contributed by atoms with Gasteiger partial charge in [0.2, 0.25) is 10.0 Å². The fourth-order valence-corrected chi connectivity index (χ4v) is 3.92. The van der Waals surface area contributed by atoms with Crippen molar-refractivity contribution in [1.29, 1.82) is 0 Å². The molecule has 5 heteroatoms.